The molecule has 0 radical (unpaired) electrons. The predicted molar refractivity (Wildman–Crippen MR) is 58.8 cm³/mol. The number of nitrogens with zero attached hydrogens (tertiary/aromatic N) is 2. The van der Waals surface area contributed by atoms with Crippen LogP contribution >= 0.6 is 24.0 Å². The fraction of sp³-hybridized carbons (Fsp3) is 0.571. The maximum absolute atomic E-state index is 8.09. The maximum Gasteiger partial charge on any atom is 0.160 e. The van der Waals surface area contributed by atoms with Crippen molar-refractivity contribution in [1.29, 1.82) is 10.5 Å². The van der Waals surface area contributed by atoms with Crippen LogP contribution in [0.15, 0.2) is 0 Å². The Morgan fingerprint density at radius 3 is 1.69 bits per heavy atom. The first-order chi connectivity index (χ1) is 6.15. The Bertz CT molecular complexity index is 184. The normalized spacial score (nSPS) is 7.23. The largest absolute Gasteiger partial charge is 0.377 e. The van der Waals surface area contributed by atoms with Crippen molar-refractivity contribution in [1.82, 2.24) is 0 Å². The summed E-state index contributed by atoms with van der Waals surface area (Å²) >= 11 is 5.75. The summed E-state index contributed by atoms with van der Waals surface area (Å²) in [5.41, 5.74) is 9.24. The van der Waals surface area contributed by atoms with Crippen LogP contribution in [0.4, 0.5) is 0 Å². The van der Waals surface area contributed by atoms with Gasteiger partial charge in [0.2, 0.25) is 0 Å². The lowest BCUT2D eigenvalue weighted by Crippen LogP contribution is -2.18. The van der Waals surface area contributed by atoms with Crippen LogP contribution in [-0.4, -0.2) is 16.6 Å². The Hall–Kier alpha value is -0.980. The molecule has 6 heteroatoms. The second-order valence-electron chi connectivity index (χ2n) is 1.83. The average molecular weight is 216 g/mol. The van der Waals surface area contributed by atoms with E-state index in [1.807, 2.05) is 12.1 Å². The van der Waals surface area contributed by atoms with E-state index in [2.05, 4.69) is 23.7 Å². The molecule has 0 heterocycles. The Kier molecular flexibility index (Phi) is 15.2. The van der Waals surface area contributed by atoms with Gasteiger partial charge in [0.1, 0.15) is 0 Å². The van der Waals surface area contributed by atoms with Gasteiger partial charge in [0.25, 0.3) is 0 Å². The summed E-state index contributed by atoms with van der Waals surface area (Å²) in [7, 11) is 0. The monoisotopic (exact) mass is 216 g/mol. The molecule has 72 valence electrons. The van der Waals surface area contributed by atoms with Gasteiger partial charge in [0.05, 0.1) is 12.1 Å². The summed E-state index contributed by atoms with van der Waals surface area (Å²) in [6.07, 6.45) is 1.19. The molecule has 0 aromatic rings. The van der Waals surface area contributed by atoms with Crippen LogP contribution in [-0.2, 0) is 0 Å². The molecule has 0 rings (SSSR count). The Morgan fingerprint density at radius 1 is 1.15 bits per heavy atom. The molecule has 0 aliphatic heterocycles. The first-order valence-electron chi connectivity index (χ1n) is 3.51. The topological polar surface area (TPSA) is 99.6 Å². The minimum absolute atomic E-state index is 0.000000000000000222. The molecule has 4 N–H and O–H groups in total. The van der Waals surface area contributed by atoms with E-state index in [9.17, 15) is 0 Å². The molecule has 0 aliphatic rings. The summed E-state index contributed by atoms with van der Waals surface area (Å²) < 4.78 is 0. The molecule has 0 amide bonds. The van der Waals surface area contributed by atoms with Gasteiger partial charge < -0.3 is 11.5 Å². The Labute approximate surface area is 87.9 Å². The molecular formula is C7H12N4S2. The van der Waals surface area contributed by atoms with E-state index in [4.69, 9.17) is 10.5 Å². The second-order valence-corrected chi connectivity index (χ2v) is 3.53. The predicted octanol–water partition coefficient (Wildman–Crippen LogP) is 0.736. The molecular weight excluding hydrogens is 204 g/mol. The van der Waals surface area contributed by atoms with Gasteiger partial charge in [-0.1, -0.05) is 0 Å². The number of nitrogens with two attached hydrogens (primary N) is 2. The van der Waals surface area contributed by atoms with Gasteiger partial charge in [0, 0.05) is 24.3 Å². The van der Waals surface area contributed by atoms with Gasteiger partial charge in [-0.15, -0.1) is 0 Å². The average Bonchev–Trinajstić information content (AvgIpc) is 2.03. The molecule has 0 saturated heterocycles. The van der Waals surface area contributed by atoms with Gasteiger partial charge in [-0.2, -0.15) is 22.3 Å². The zero-order valence-electron chi connectivity index (χ0n) is 7.19. The number of thioether (sulfide) groups is 1. The zero-order valence-corrected chi connectivity index (χ0v) is 8.83. The quantitative estimate of drug-likeness (QED) is 0.531. The molecule has 4 nitrogen and oxygen atoms in total. The van der Waals surface area contributed by atoms with E-state index < -0.39 is 0 Å². The first-order valence-corrected chi connectivity index (χ1v) is 5.08. The second kappa shape index (κ2) is 13.6. The number of hydrogen-bond acceptors (Lipinski definition) is 4. The molecule has 0 unspecified atom stereocenters. The van der Waals surface area contributed by atoms with Crippen LogP contribution in [0.25, 0.3) is 0 Å². The fourth-order valence-electron chi connectivity index (χ4n) is 0.338. The van der Waals surface area contributed by atoms with Gasteiger partial charge >= 0.3 is 0 Å². The highest BCUT2D eigenvalue weighted by Crippen LogP contribution is 2.02. The Balaban J connectivity index is 0. The Morgan fingerprint density at radius 2 is 1.46 bits per heavy atom. The van der Waals surface area contributed by atoms with E-state index in [0.717, 1.165) is 11.5 Å². The lowest BCUT2D eigenvalue weighted by molar-refractivity contribution is 1.21. The zero-order chi connectivity index (χ0) is 10.5. The molecule has 0 atom stereocenters. The number of rotatable bonds is 4. The molecule has 13 heavy (non-hydrogen) atoms. The van der Waals surface area contributed by atoms with Crippen LogP contribution < -0.4 is 11.5 Å². The standard InChI is InChI=1S/C6H8N2S.CH4N2S/c7-3-1-5-9-6-2-4-8;2-1(3)4/h1-2,5-6H2;(H4,2,3,4). The van der Waals surface area contributed by atoms with Crippen LogP contribution in [0.1, 0.15) is 12.8 Å². The third kappa shape index (κ3) is 35.6. The van der Waals surface area contributed by atoms with Gasteiger partial charge in [-0.05, 0) is 12.2 Å². The van der Waals surface area contributed by atoms with Crippen LogP contribution in [0.3, 0.4) is 0 Å². The number of thiocarbonyl (C=S) groups is 1. The molecule has 0 aromatic carbocycles. The van der Waals surface area contributed by atoms with Crippen molar-refractivity contribution in [3.05, 3.63) is 0 Å². The lowest BCUT2D eigenvalue weighted by atomic mass is 10.5. The molecule has 0 fully saturated rings. The van der Waals surface area contributed by atoms with E-state index in [-0.39, 0.29) is 5.11 Å². The summed E-state index contributed by atoms with van der Waals surface area (Å²) in [5, 5.41) is 16.2. The first kappa shape index (κ1) is 14.5. The van der Waals surface area contributed by atoms with Crippen molar-refractivity contribution in [3.63, 3.8) is 0 Å². The molecule has 0 aliphatic carbocycles. The van der Waals surface area contributed by atoms with Gasteiger partial charge in [-0.3, -0.25) is 0 Å². The molecule has 0 saturated carbocycles. The summed E-state index contributed by atoms with van der Waals surface area (Å²) in [6, 6.07) is 4.08. The smallest absolute Gasteiger partial charge is 0.160 e. The van der Waals surface area contributed by atoms with Crippen molar-refractivity contribution in [3.8, 4) is 12.1 Å². The minimum atomic E-state index is 0.000000000000000222. The van der Waals surface area contributed by atoms with Crippen molar-refractivity contribution < 1.29 is 0 Å². The van der Waals surface area contributed by atoms with Crippen molar-refractivity contribution in [2.75, 3.05) is 11.5 Å². The molecule has 0 spiro atoms. The van der Waals surface area contributed by atoms with Gasteiger partial charge in [-0.25, -0.2) is 0 Å². The van der Waals surface area contributed by atoms with E-state index in [0.29, 0.717) is 12.8 Å². The SMILES string of the molecule is N#CCCSCCC#N.NC(N)=S. The van der Waals surface area contributed by atoms with Crippen molar-refractivity contribution >= 4 is 29.1 Å². The summed E-state index contributed by atoms with van der Waals surface area (Å²) in [5.74, 6) is 1.72. The van der Waals surface area contributed by atoms with Crippen molar-refractivity contribution in [2.45, 2.75) is 12.8 Å². The number of nitriles is 2. The third-order valence-corrected chi connectivity index (χ3v) is 1.70. The van der Waals surface area contributed by atoms with Crippen molar-refractivity contribution in [2.24, 2.45) is 11.5 Å². The third-order valence-electron chi connectivity index (χ3n) is 0.716. The van der Waals surface area contributed by atoms with Gasteiger partial charge in [0.15, 0.2) is 5.11 Å². The van der Waals surface area contributed by atoms with Crippen LogP contribution in [0.2, 0.25) is 0 Å². The lowest BCUT2D eigenvalue weighted by Gasteiger charge is -1.89. The highest BCUT2D eigenvalue weighted by Gasteiger charge is 1.85. The minimum Gasteiger partial charge on any atom is -0.377 e. The van der Waals surface area contributed by atoms with E-state index >= 15 is 0 Å². The van der Waals surface area contributed by atoms with Crippen LogP contribution in [0, 0.1) is 22.7 Å². The molecule has 0 bridgehead atoms. The summed E-state index contributed by atoms with van der Waals surface area (Å²) in [6.45, 7) is 0. The number of hydrogen-bond donors (Lipinski definition) is 2. The maximum atomic E-state index is 8.09. The van der Waals surface area contributed by atoms with E-state index in [1.54, 1.807) is 11.8 Å². The van der Waals surface area contributed by atoms with Crippen LogP contribution in [0.5, 0.6) is 0 Å². The highest BCUT2D eigenvalue weighted by atomic mass is 32.2. The summed E-state index contributed by atoms with van der Waals surface area (Å²) in [4.78, 5) is 0. The van der Waals surface area contributed by atoms with E-state index in [1.165, 1.54) is 0 Å². The molecule has 0 aromatic heterocycles. The highest BCUT2D eigenvalue weighted by molar-refractivity contribution is 7.99. The fourth-order valence-corrected chi connectivity index (χ4v) is 1.01.